The second-order valence-electron chi connectivity index (χ2n) is 6.85. The maximum Gasteiger partial charge on any atom is 0.220 e. The van der Waals surface area contributed by atoms with Gasteiger partial charge in [-0.3, -0.25) is 4.79 Å². The van der Waals surface area contributed by atoms with Crippen LogP contribution in [0.4, 0.5) is 0 Å². The van der Waals surface area contributed by atoms with E-state index in [2.05, 4.69) is 33.0 Å². The van der Waals surface area contributed by atoms with E-state index in [0.717, 1.165) is 45.3 Å². The first kappa shape index (κ1) is 20.4. The van der Waals surface area contributed by atoms with Crippen LogP contribution in [-0.2, 0) is 9.53 Å². The molecule has 0 saturated carbocycles. The Balaban J connectivity index is 3.69. The van der Waals surface area contributed by atoms with E-state index in [1.807, 2.05) is 0 Å². The summed E-state index contributed by atoms with van der Waals surface area (Å²) in [5.41, 5.74) is 5.88. The van der Waals surface area contributed by atoms with E-state index in [-0.39, 0.29) is 11.3 Å². The van der Waals surface area contributed by atoms with Gasteiger partial charge in [-0.2, -0.15) is 0 Å². The Labute approximate surface area is 131 Å². The van der Waals surface area contributed by atoms with Crippen LogP contribution in [-0.4, -0.2) is 32.2 Å². The minimum atomic E-state index is 0.148. The molecule has 0 aliphatic carbocycles. The molecule has 0 aromatic heterocycles. The van der Waals surface area contributed by atoms with E-state index in [0.29, 0.717) is 25.4 Å². The Bertz CT molecular complexity index is 262. The monoisotopic (exact) mass is 300 g/mol. The molecule has 0 fully saturated rings. The first-order valence-electron chi connectivity index (χ1n) is 8.46. The second-order valence-corrected chi connectivity index (χ2v) is 6.85. The summed E-state index contributed by atoms with van der Waals surface area (Å²) < 4.78 is 5.47. The molecule has 21 heavy (non-hydrogen) atoms. The van der Waals surface area contributed by atoms with Gasteiger partial charge in [0, 0.05) is 26.2 Å². The van der Waals surface area contributed by atoms with Crippen molar-refractivity contribution in [3.8, 4) is 0 Å². The Morgan fingerprint density at radius 2 is 1.86 bits per heavy atom. The van der Waals surface area contributed by atoms with Crippen molar-refractivity contribution in [2.24, 2.45) is 17.1 Å². The van der Waals surface area contributed by atoms with Gasteiger partial charge in [0.15, 0.2) is 0 Å². The number of hydrogen-bond donors (Lipinski definition) is 2. The molecular formula is C17H36N2O2. The van der Waals surface area contributed by atoms with Gasteiger partial charge < -0.3 is 15.8 Å². The van der Waals surface area contributed by atoms with E-state index in [4.69, 9.17) is 10.5 Å². The number of nitrogens with one attached hydrogen (secondary N) is 1. The molecule has 1 atom stereocenters. The average molecular weight is 300 g/mol. The van der Waals surface area contributed by atoms with Crippen LogP contribution in [0.25, 0.3) is 0 Å². The third-order valence-corrected chi connectivity index (χ3v) is 3.89. The summed E-state index contributed by atoms with van der Waals surface area (Å²) in [6.07, 6.45) is 5.66. The van der Waals surface area contributed by atoms with Crippen molar-refractivity contribution in [3.05, 3.63) is 0 Å². The normalized spacial score (nSPS) is 13.2. The SMILES string of the molecule is CCCCOCCCNC(=O)CCC(CCN)C(C)(C)C. The lowest BCUT2D eigenvalue weighted by Gasteiger charge is -2.30. The largest absolute Gasteiger partial charge is 0.381 e. The van der Waals surface area contributed by atoms with Crippen molar-refractivity contribution in [3.63, 3.8) is 0 Å². The number of nitrogens with two attached hydrogens (primary N) is 1. The molecule has 0 aromatic carbocycles. The average Bonchev–Trinajstić information content (AvgIpc) is 2.41. The van der Waals surface area contributed by atoms with Gasteiger partial charge in [0.05, 0.1) is 0 Å². The molecule has 1 unspecified atom stereocenters. The van der Waals surface area contributed by atoms with Crippen molar-refractivity contribution in [2.45, 2.75) is 66.2 Å². The number of rotatable bonds is 12. The first-order valence-corrected chi connectivity index (χ1v) is 8.46. The van der Waals surface area contributed by atoms with Gasteiger partial charge in [0.1, 0.15) is 0 Å². The standard InChI is InChI=1S/C17H36N2O2/c1-5-6-13-21-14-7-12-19-16(20)9-8-15(10-11-18)17(2,3)4/h15H,5-14,18H2,1-4H3,(H,19,20). The second kappa shape index (κ2) is 12.0. The van der Waals surface area contributed by atoms with Crippen LogP contribution in [0.5, 0.6) is 0 Å². The smallest absolute Gasteiger partial charge is 0.220 e. The minimum absolute atomic E-state index is 0.148. The number of carbonyl (C=O) groups excluding carboxylic acids is 1. The molecule has 126 valence electrons. The van der Waals surface area contributed by atoms with E-state index >= 15 is 0 Å². The third kappa shape index (κ3) is 11.7. The van der Waals surface area contributed by atoms with Gasteiger partial charge >= 0.3 is 0 Å². The first-order chi connectivity index (χ1) is 9.91. The molecule has 4 nitrogen and oxygen atoms in total. The topological polar surface area (TPSA) is 64.3 Å². The lowest BCUT2D eigenvalue weighted by atomic mass is 9.76. The van der Waals surface area contributed by atoms with Crippen LogP contribution in [0.1, 0.15) is 66.2 Å². The predicted octanol–water partition coefficient (Wildman–Crippen LogP) is 3.10. The molecule has 1 amide bonds. The molecule has 3 N–H and O–H groups in total. The number of ether oxygens (including phenoxy) is 1. The number of hydrogen-bond acceptors (Lipinski definition) is 3. The summed E-state index contributed by atoms with van der Waals surface area (Å²) in [4.78, 5) is 11.8. The van der Waals surface area contributed by atoms with Crippen LogP contribution in [0.15, 0.2) is 0 Å². The molecule has 4 heteroatoms. The molecule has 0 aliphatic heterocycles. The van der Waals surface area contributed by atoms with Crippen molar-refractivity contribution in [2.75, 3.05) is 26.3 Å². The van der Waals surface area contributed by atoms with Crippen LogP contribution >= 0.6 is 0 Å². The minimum Gasteiger partial charge on any atom is -0.381 e. The van der Waals surface area contributed by atoms with E-state index in [9.17, 15) is 4.79 Å². The van der Waals surface area contributed by atoms with Crippen LogP contribution in [0, 0.1) is 11.3 Å². The van der Waals surface area contributed by atoms with Gasteiger partial charge in [-0.15, -0.1) is 0 Å². The summed E-state index contributed by atoms with van der Waals surface area (Å²) in [7, 11) is 0. The van der Waals surface area contributed by atoms with Crippen LogP contribution in [0.2, 0.25) is 0 Å². The summed E-state index contributed by atoms with van der Waals surface area (Å²) in [6.45, 7) is 11.8. The van der Waals surface area contributed by atoms with Crippen LogP contribution < -0.4 is 11.1 Å². The highest BCUT2D eigenvalue weighted by Gasteiger charge is 2.24. The van der Waals surface area contributed by atoms with Crippen LogP contribution in [0.3, 0.4) is 0 Å². The maximum absolute atomic E-state index is 11.8. The van der Waals surface area contributed by atoms with E-state index in [1.165, 1.54) is 0 Å². The van der Waals surface area contributed by atoms with Crippen molar-refractivity contribution < 1.29 is 9.53 Å². The molecule has 0 rings (SSSR count). The summed E-state index contributed by atoms with van der Waals surface area (Å²) in [5, 5.41) is 2.97. The predicted molar refractivity (Wildman–Crippen MR) is 89.2 cm³/mol. The molecule has 0 aliphatic rings. The quantitative estimate of drug-likeness (QED) is 0.544. The van der Waals surface area contributed by atoms with Crippen molar-refractivity contribution >= 4 is 5.91 Å². The summed E-state index contributed by atoms with van der Waals surface area (Å²) in [5.74, 6) is 0.653. The highest BCUT2D eigenvalue weighted by Crippen LogP contribution is 2.31. The highest BCUT2D eigenvalue weighted by molar-refractivity contribution is 5.75. The number of unbranched alkanes of at least 4 members (excludes halogenated alkanes) is 1. The Kier molecular flexibility index (Phi) is 11.6. The fourth-order valence-corrected chi connectivity index (χ4v) is 2.36. The fourth-order valence-electron chi connectivity index (χ4n) is 2.36. The Morgan fingerprint density at radius 1 is 1.19 bits per heavy atom. The van der Waals surface area contributed by atoms with Gasteiger partial charge in [-0.25, -0.2) is 0 Å². The van der Waals surface area contributed by atoms with Gasteiger partial charge in [0.25, 0.3) is 0 Å². The molecule has 0 aromatic rings. The van der Waals surface area contributed by atoms with Gasteiger partial charge in [-0.1, -0.05) is 34.1 Å². The summed E-state index contributed by atoms with van der Waals surface area (Å²) in [6, 6.07) is 0. The van der Waals surface area contributed by atoms with Gasteiger partial charge in [-0.05, 0) is 43.6 Å². The van der Waals surface area contributed by atoms with Gasteiger partial charge in [0.2, 0.25) is 5.91 Å². The lowest BCUT2D eigenvalue weighted by Crippen LogP contribution is -2.28. The molecular weight excluding hydrogens is 264 g/mol. The maximum atomic E-state index is 11.8. The van der Waals surface area contributed by atoms with Crippen molar-refractivity contribution in [1.82, 2.24) is 5.32 Å². The molecule has 0 heterocycles. The third-order valence-electron chi connectivity index (χ3n) is 3.89. The fraction of sp³-hybridized carbons (Fsp3) is 0.941. The zero-order valence-electron chi connectivity index (χ0n) is 14.5. The van der Waals surface area contributed by atoms with E-state index in [1.54, 1.807) is 0 Å². The lowest BCUT2D eigenvalue weighted by molar-refractivity contribution is -0.121. The molecule has 0 bridgehead atoms. The summed E-state index contributed by atoms with van der Waals surface area (Å²) >= 11 is 0. The molecule has 0 spiro atoms. The van der Waals surface area contributed by atoms with E-state index < -0.39 is 0 Å². The Morgan fingerprint density at radius 3 is 2.43 bits per heavy atom. The zero-order valence-corrected chi connectivity index (χ0v) is 14.5. The molecule has 0 saturated heterocycles. The zero-order chi connectivity index (χ0) is 16.1. The highest BCUT2D eigenvalue weighted by atomic mass is 16.5. The Hall–Kier alpha value is -0.610. The molecule has 0 radical (unpaired) electrons. The number of carbonyl (C=O) groups is 1. The number of amides is 1. The van der Waals surface area contributed by atoms with Crippen molar-refractivity contribution in [1.29, 1.82) is 0 Å².